The Balaban J connectivity index is 2.25. The number of rotatable bonds is 6. The van der Waals surface area contributed by atoms with Crippen LogP contribution in [-0.2, 0) is 6.54 Å². The normalized spacial score (nSPS) is 17.9. The topological polar surface area (TPSA) is 29.3 Å². The van der Waals surface area contributed by atoms with Crippen LogP contribution in [0.2, 0.25) is 0 Å². The zero-order chi connectivity index (χ0) is 14.6. The summed E-state index contributed by atoms with van der Waals surface area (Å²) >= 11 is 0. The van der Waals surface area contributed by atoms with Gasteiger partial charge in [-0.3, -0.25) is 4.90 Å². The first kappa shape index (κ1) is 15.5. The van der Waals surface area contributed by atoms with E-state index in [9.17, 15) is 0 Å². The molecule has 0 bridgehead atoms. The Kier molecular flexibility index (Phi) is 5.22. The molecule has 1 aromatic carbocycles. The van der Waals surface area contributed by atoms with E-state index < -0.39 is 0 Å². The van der Waals surface area contributed by atoms with Crippen LogP contribution >= 0.6 is 0 Å². The highest BCUT2D eigenvalue weighted by Gasteiger charge is 2.38. The lowest BCUT2D eigenvalue weighted by molar-refractivity contribution is 0.0900. The number of benzene rings is 1. The maximum Gasteiger partial charge on any atom is 0.0335 e. The van der Waals surface area contributed by atoms with Crippen molar-refractivity contribution in [1.82, 2.24) is 4.90 Å². The van der Waals surface area contributed by atoms with Gasteiger partial charge in [0.1, 0.15) is 0 Å². The fraction of sp³-hybridized carbons (Fsp3) is 0.667. The van der Waals surface area contributed by atoms with Crippen molar-refractivity contribution in [1.29, 1.82) is 0 Å². The van der Waals surface area contributed by atoms with Gasteiger partial charge in [-0.05, 0) is 56.3 Å². The van der Waals surface area contributed by atoms with E-state index in [-0.39, 0.29) is 5.54 Å². The van der Waals surface area contributed by atoms with Crippen LogP contribution in [0.3, 0.4) is 0 Å². The van der Waals surface area contributed by atoms with E-state index in [2.05, 4.69) is 43.9 Å². The van der Waals surface area contributed by atoms with Crippen molar-refractivity contribution in [3.8, 4) is 0 Å². The van der Waals surface area contributed by atoms with Crippen LogP contribution in [0.5, 0.6) is 0 Å². The molecule has 1 aliphatic carbocycles. The Bertz CT molecular complexity index is 413. The average Bonchev–Trinajstić information content (AvgIpc) is 2.92. The molecule has 20 heavy (non-hydrogen) atoms. The van der Waals surface area contributed by atoms with Crippen LogP contribution in [0, 0.1) is 13.8 Å². The van der Waals surface area contributed by atoms with E-state index in [1.807, 2.05) is 0 Å². The molecule has 2 rings (SSSR count). The van der Waals surface area contributed by atoms with Crippen molar-refractivity contribution < 1.29 is 0 Å². The van der Waals surface area contributed by atoms with Crippen LogP contribution in [0.1, 0.15) is 55.7 Å². The lowest BCUT2D eigenvalue weighted by Crippen LogP contribution is -2.52. The summed E-state index contributed by atoms with van der Waals surface area (Å²) in [6, 6.07) is 6.62. The maximum atomic E-state index is 6.19. The SMILES string of the molecule is CCCN(Cc1c(C)cccc1C)C1(CN)CCCC1. The predicted octanol–water partition coefficient (Wildman–Crippen LogP) is 3.79. The zero-order valence-corrected chi connectivity index (χ0v) is 13.4. The summed E-state index contributed by atoms with van der Waals surface area (Å²) < 4.78 is 0. The molecule has 0 atom stereocenters. The molecular formula is C18H30N2. The third kappa shape index (κ3) is 3.07. The minimum absolute atomic E-state index is 0.255. The highest BCUT2D eigenvalue weighted by atomic mass is 15.2. The van der Waals surface area contributed by atoms with Crippen LogP contribution in [0.25, 0.3) is 0 Å². The molecule has 0 saturated heterocycles. The average molecular weight is 274 g/mol. The molecule has 1 aromatic rings. The van der Waals surface area contributed by atoms with E-state index in [4.69, 9.17) is 5.73 Å². The quantitative estimate of drug-likeness (QED) is 0.855. The summed E-state index contributed by atoms with van der Waals surface area (Å²) in [5.74, 6) is 0. The van der Waals surface area contributed by atoms with Gasteiger partial charge in [0.2, 0.25) is 0 Å². The zero-order valence-electron chi connectivity index (χ0n) is 13.4. The van der Waals surface area contributed by atoms with Gasteiger partial charge in [-0.2, -0.15) is 0 Å². The van der Waals surface area contributed by atoms with E-state index in [1.54, 1.807) is 0 Å². The van der Waals surface area contributed by atoms with Crippen molar-refractivity contribution >= 4 is 0 Å². The second kappa shape index (κ2) is 6.73. The summed E-state index contributed by atoms with van der Waals surface area (Å²) in [6.45, 7) is 9.76. The Labute approximate surface area is 124 Å². The van der Waals surface area contributed by atoms with Crippen molar-refractivity contribution in [2.75, 3.05) is 13.1 Å². The molecule has 1 aliphatic rings. The minimum atomic E-state index is 0.255. The van der Waals surface area contributed by atoms with Gasteiger partial charge in [0.15, 0.2) is 0 Å². The Morgan fingerprint density at radius 1 is 1.15 bits per heavy atom. The van der Waals surface area contributed by atoms with E-state index >= 15 is 0 Å². The third-order valence-electron chi connectivity index (χ3n) is 5.07. The molecule has 0 radical (unpaired) electrons. The predicted molar refractivity (Wildman–Crippen MR) is 86.9 cm³/mol. The van der Waals surface area contributed by atoms with Gasteiger partial charge >= 0.3 is 0 Å². The van der Waals surface area contributed by atoms with Gasteiger partial charge in [0.05, 0.1) is 0 Å². The number of aryl methyl sites for hydroxylation is 2. The Morgan fingerprint density at radius 3 is 2.25 bits per heavy atom. The summed E-state index contributed by atoms with van der Waals surface area (Å²) in [5, 5.41) is 0. The largest absolute Gasteiger partial charge is 0.329 e. The summed E-state index contributed by atoms with van der Waals surface area (Å²) in [7, 11) is 0. The second-order valence-corrected chi connectivity index (χ2v) is 6.43. The summed E-state index contributed by atoms with van der Waals surface area (Å²) in [6.07, 6.45) is 6.42. The van der Waals surface area contributed by atoms with Crippen molar-refractivity contribution in [2.45, 2.75) is 65.0 Å². The van der Waals surface area contributed by atoms with Gasteiger partial charge < -0.3 is 5.73 Å². The summed E-state index contributed by atoms with van der Waals surface area (Å²) in [4.78, 5) is 2.68. The second-order valence-electron chi connectivity index (χ2n) is 6.43. The minimum Gasteiger partial charge on any atom is -0.329 e. The molecule has 0 aliphatic heterocycles. The van der Waals surface area contributed by atoms with E-state index in [0.717, 1.165) is 19.6 Å². The molecule has 2 N–H and O–H groups in total. The number of hydrogen-bond acceptors (Lipinski definition) is 2. The molecule has 0 aromatic heterocycles. The molecule has 0 spiro atoms. The molecule has 1 saturated carbocycles. The molecule has 2 heteroatoms. The van der Waals surface area contributed by atoms with Gasteiger partial charge in [0.25, 0.3) is 0 Å². The molecule has 112 valence electrons. The molecule has 0 amide bonds. The lowest BCUT2D eigenvalue weighted by atomic mass is 9.92. The first-order chi connectivity index (χ1) is 9.63. The Morgan fingerprint density at radius 2 is 1.75 bits per heavy atom. The van der Waals surface area contributed by atoms with Gasteiger partial charge in [-0.25, -0.2) is 0 Å². The molecular weight excluding hydrogens is 244 g/mol. The smallest absolute Gasteiger partial charge is 0.0335 e. The molecule has 0 unspecified atom stereocenters. The highest BCUT2D eigenvalue weighted by molar-refractivity contribution is 5.33. The van der Waals surface area contributed by atoms with Crippen LogP contribution in [0.4, 0.5) is 0 Å². The van der Waals surface area contributed by atoms with Crippen LogP contribution in [0.15, 0.2) is 18.2 Å². The number of nitrogens with two attached hydrogens (primary N) is 1. The van der Waals surface area contributed by atoms with Crippen molar-refractivity contribution in [3.63, 3.8) is 0 Å². The van der Waals surface area contributed by atoms with Crippen LogP contribution in [-0.4, -0.2) is 23.5 Å². The van der Waals surface area contributed by atoms with Crippen molar-refractivity contribution in [2.24, 2.45) is 5.73 Å². The van der Waals surface area contributed by atoms with E-state index in [0.29, 0.717) is 0 Å². The van der Waals surface area contributed by atoms with Crippen molar-refractivity contribution in [3.05, 3.63) is 34.9 Å². The van der Waals surface area contributed by atoms with Gasteiger partial charge in [-0.1, -0.05) is 38.0 Å². The lowest BCUT2D eigenvalue weighted by Gasteiger charge is -2.41. The number of nitrogens with zero attached hydrogens (tertiary/aromatic N) is 1. The van der Waals surface area contributed by atoms with Gasteiger partial charge in [0, 0.05) is 18.6 Å². The monoisotopic (exact) mass is 274 g/mol. The molecule has 0 heterocycles. The summed E-state index contributed by atoms with van der Waals surface area (Å²) in [5.41, 5.74) is 10.8. The molecule has 2 nitrogen and oxygen atoms in total. The number of hydrogen-bond donors (Lipinski definition) is 1. The van der Waals surface area contributed by atoms with E-state index in [1.165, 1.54) is 48.8 Å². The fourth-order valence-electron chi connectivity index (χ4n) is 3.73. The first-order valence-electron chi connectivity index (χ1n) is 8.13. The van der Waals surface area contributed by atoms with Crippen LogP contribution < -0.4 is 5.73 Å². The fourth-order valence-corrected chi connectivity index (χ4v) is 3.73. The Hall–Kier alpha value is -0.860. The van der Waals surface area contributed by atoms with Gasteiger partial charge in [-0.15, -0.1) is 0 Å². The highest BCUT2D eigenvalue weighted by Crippen LogP contribution is 2.36. The third-order valence-corrected chi connectivity index (χ3v) is 5.07. The first-order valence-corrected chi connectivity index (χ1v) is 8.13. The maximum absolute atomic E-state index is 6.19. The molecule has 1 fully saturated rings. The standard InChI is InChI=1S/C18H30N2/c1-4-12-20(18(14-19)10-5-6-11-18)13-17-15(2)8-7-9-16(17)3/h7-9H,4-6,10-14,19H2,1-3H3.